The van der Waals surface area contributed by atoms with Gasteiger partial charge in [-0.15, -0.1) is 0 Å². The summed E-state index contributed by atoms with van der Waals surface area (Å²) in [7, 11) is 0. The molecule has 6 nitrogen and oxygen atoms in total. The van der Waals surface area contributed by atoms with E-state index in [4.69, 9.17) is 9.90 Å². The number of rotatable bonds is 4. The molecule has 0 radical (unpaired) electrons. The number of aryl methyl sites for hydroxylation is 3. The first-order valence-electron chi connectivity index (χ1n) is 7.61. The smallest absolute Gasteiger partial charge is 0.300 e. The Bertz CT molecular complexity index is 662. The van der Waals surface area contributed by atoms with E-state index in [1.54, 1.807) is 0 Å². The lowest BCUT2D eigenvalue weighted by atomic mass is 9.98. The molecule has 122 valence electrons. The maximum absolute atomic E-state index is 11.3. The molecule has 0 bridgehead atoms. The van der Waals surface area contributed by atoms with Crippen LogP contribution in [0.1, 0.15) is 30.9 Å². The van der Waals surface area contributed by atoms with Gasteiger partial charge >= 0.3 is 0 Å². The van der Waals surface area contributed by atoms with Gasteiger partial charge in [-0.2, -0.15) is 0 Å². The summed E-state index contributed by atoms with van der Waals surface area (Å²) in [5, 5.41) is 10.3. The van der Waals surface area contributed by atoms with Crippen molar-refractivity contribution in [1.29, 1.82) is 0 Å². The molecule has 3 rings (SSSR count). The second-order valence-corrected chi connectivity index (χ2v) is 5.46. The van der Waals surface area contributed by atoms with Crippen LogP contribution in [0.15, 0.2) is 36.9 Å². The van der Waals surface area contributed by atoms with Gasteiger partial charge < -0.3 is 15.0 Å². The highest BCUT2D eigenvalue weighted by Gasteiger charge is 2.14. The molecule has 1 aromatic carbocycles. The molecule has 0 aliphatic carbocycles. The Morgan fingerprint density at radius 1 is 1.39 bits per heavy atom. The standard InChI is InChI=1S/C15H17N3O.C2H4O2/c19-15-6-4-13-10-12(3-5-14(13)17-15)2-1-8-18-9-7-16-11-18;1-2(3)4/h3,5,7,9-11H,1-2,4,6,8H2,(H,17,19);1H3,(H,3,4). The van der Waals surface area contributed by atoms with Crippen LogP contribution in [0, 0.1) is 0 Å². The summed E-state index contributed by atoms with van der Waals surface area (Å²) in [4.78, 5) is 24.3. The quantitative estimate of drug-likeness (QED) is 0.908. The first-order valence-corrected chi connectivity index (χ1v) is 7.61. The van der Waals surface area contributed by atoms with E-state index in [2.05, 4.69) is 27.0 Å². The largest absolute Gasteiger partial charge is 0.481 e. The van der Waals surface area contributed by atoms with E-state index >= 15 is 0 Å². The number of hydrogen-bond donors (Lipinski definition) is 2. The molecule has 0 saturated heterocycles. The van der Waals surface area contributed by atoms with Crippen molar-refractivity contribution in [3.8, 4) is 0 Å². The van der Waals surface area contributed by atoms with E-state index in [0.29, 0.717) is 6.42 Å². The number of nitrogens with zero attached hydrogens (tertiary/aromatic N) is 2. The van der Waals surface area contributed by atoms with Gasteiger partial charge in [0, 0.05) is 38.0 Å². The molecule has 2 aromatic rings. The second-order valence-electron chi connectivity index (χ2n) is 5.46. The molecular formula is C17H21N3O3. The van der Waals surface area contributed by atoms with Gasteiger partial charge in [0.25, 0.3) is 5.97 Å². The minimum atomic E-state index is -0.833. The predicted molar refractivity (Wildman–Crippen MR) is 87.3 cm³/mol. The number of carbonyl (C=O) groups is 2. The molecule has 0 unspecified atom stereocenters. The maximum atomic E-state index is 11.3. The molecule has 1 aromatic heterocycles. The summed E-state index contributed by atoms with van der Waals surface area (Å²) in [6.07, 6.45) is 9.26. The lowest BCUT2D eigenvalue weighted by Crippen LogP contribution is -2.18. The van der Waals surface area contributed by atoms with E-state index in [0.717, 1.165) is 38.4 Å². The van der Waals surface area contributed by atoms with Crippen molar-refractivity contribution in [2.75, 3.05) is 5.32 Å². The minimum absolute atomic E-state index is 0.125. The van der Waals surface area contributed by atoms with Crippen molar-refractivity contribution in [3.63, 3.8) is 0 Å². The number of anilines is 1. The minimum Gasteiger partial charge on any atom is -0.481 e. The van der Waals surface area contributed by atoms with E-state index in [9.17, 15) is 4.79 Å². The van der Waals surface area contributed by atoms with E-state index in [-0.39, 0.29) is 5.91 Å². The molecule has 6 heteroatoms. The highest BCUT2D eigenvalue weighted by atomic mass is 16.4. The van der Waals surface area contributed by atoms with Gasteiger partial charge in [-0.25, -0.2) is 4.98 Å². The van der Waals surface area contributed by atoms with Crippen molar-refractivity contribution in [3.05, 3.63) is 48.0 Å². The summed E-state index contributed by atoms with van der Waals surface area (Å²) in [5.74, 6) is -0.708. The van der Waals surface area contributed by atoms with Gasteiger partial charge in [0.05, 0.1) is 6.33 Å². The third-order valence-corrected chi connectivity index (χ3v) is 3.51. The van der Waals surface area contributed by atoms with Crippen LogP contribution in [0.4, 0.5) is 5.69 Å². The van der Waals surface area contributed by atoms with Crippen LogP contribution in [0.5, 0.6) is 0 Å². The van der Waals surface area contributed by atoms with Gasteiger partial charge in [-0.1, -0.05) is 12.1 Å². The van der Waals surface area contributed by atoms with E-state index in [1.165, 1.54) is 11.1 Å². The fourth-order valence-electron chi connectivity index (χ4n) is 2.48. The maximum Gasteiger partial charge on any atom is 0.300 e. The molecule has 0 atom stereocenters. The van der Waals surface area contributed by atoms with Gasteiger partial charge in [-0.05, 0) is 36.5 Å². The number of nitrogens with one attached hydrogen (secondary N) is 1. The lowest BCUT2D eigenvalue weighted by molar-refractivity contribution is -0.134. The molecule has 1 amide bonds. The number of aromatic nitrogens is 2. The number of carbonyl (C=O) groups excluding carboxylic acids is 1. The van der Waals surface area contributed by atoms with Gasteiger partial charge in [0.2, 0.25) is 5.91 Å². The second kappa shape index (κ2) is 8.12. The lowest BCUT2D eigenvalue weighted by Gasteiger charge is -2.17. The van der Waals surface area contributed by atoms with Crippen LogP contribution < -0.4 is 5.32 Å². The zero-order valence-corrected chi connectivity index (χ0v) is 13.2. The molecule has 2 heterocycles. The van der Waals surface area contributed by atoms with Crippen molar-refractivity contribution in [1.82, 2.24) is 9.55 Å². The Kier molecular flexibility index (Phi) is 5.91. The topological polar surface area (TPSA) is 84.2 Å². The summed E-state index contributed by atoms with van der Waals surface area (Å²) in [6, 6.07) is 6.36. The van der Waals surface area contributed by atoms with Crippen molar-refractivity contribution in [2.45, 2.75) is 39.2 Å². The van der Waals surface area contributed by atoms with E-state index in [1.807, 2.05) is 24.8 Å². The number of amides is 1. The first kappa shape index (κ1) is 16.7. The Labute approximate surface area is 135 Å². The predicted octanol–water partition coefficient (Wildman–Crippen LogP) is 2.49. The average Bonchev–Trinajstić information content (AvgIpc) is 3.00. The Hall–Kier alpha value is -2.63. The van der Waals surface area contributed by atoms with Crippen LogP contribution in [0.25, 0.3) is 0 Å². The van der Waals surface area contributed by atoms with E-state index < -0.39 is 5.97 Å². The van der Waals surface area contributed by atoms with Crippen LogP contribution >= 0.6 is 0 Å². The number of benzene rings is 1. The van der Waals surface area contributed by atoms with Crippen molar-refractivity contribution < 1.29 is 14.7 Å². The third kappa shape index (κ3) is 5.58. The normalized spacial score (nSPS) is 12.7. The molecule has 0 fully saturated rings. The zero-order valence-electron chi connectivity index (χ0n) is 13.2. The van der Waals surface area contributed by atoms with Gasteiger partial charge in [0.1, 0.15) is 0 Å². The number of aliphatic carboxylic acids is 1. The fraction of sp³-hybridized carbons (Fsp3) is 0.353. The average molecular weight is 315 g/mol. The van der Waals surface area contributed by atoms with Crippen LogP contribution in [-0.2, 0) is 29.0 Å². The van der Waals surface area contributed by atoms with Crippen LogP contribution in [0.2, 0.25) is 0 Å². The summed E-state index contributed by atoms with van der Waals surface area (Å²) >= 11 is 0. The molecule has 2 N–H and O–H groups in total. The Morgan fingerprint density at radius 2 is 2.17 bits per heavy atom. The molecule has 1 aliphatic rings. The summed E-state index contributed by atoms with van der Waals surface area (Å²) in [5.41, 5.74) is 3.59. The number of hydrogen-bond acceptors (Lipinski definition) is 3. The van der Waals surface area contributed by atoms with Crippen LogP contribution in [0.3, 0.4) is 0 Å². The highest BCUT2D eigenvalue weighted by Crippen LogP contribution is 2.24. The van der Waals surface area contributed by atoms with Crippen molar-refractivity contribution >= 4 is 17.6 Å². The summed E-state index contributed by atoms with van der Waals surface area (Å²) < 4.78 is 2.10. The molecule has 23 heavy (non-hydrogen) atoms. The SMILES string of the molecule is CC(=O)O.O=C1CCc2cc(CCCn3ccnc3)ccc2N1. The first-order chi connectivity index (χ1) is 11.0. The molecule has 0 spiro atoms. The number of carboxylic acid groups (broad SMARTS) is 1. The fourth-order valence-corrected chi connectivity index (χ4v) is 2.48. The monoisotopic (exact) mass is 315 g/mol. The van der Waals surface area contributed by atoms with Gasteiger partial charge in [-0.3, -0.25) is 9.59 Å². The molecule has 0 saturated carbocycles. The third-order valence-electron chi connectivity index (χ3n) is 3.51. The zero-order chi connectivity index (χ0) is 16.7. The van der Waals surface area contributed by atoms with Gasteiger partial charge in [0.15, 0.2) is 0 Å². The molecular weight excluding hydrogens is 294 g/mol. The highest BCUT2D eigenvalue weighted by molar-refractivity contribution is 5.93. The van der Waals surface area contributed by atoms with Crippen molar-refractivity contribution in [2.24, 2.45) is 0 Å². The number of fused-ring (bicyclic) bond motifs is 1. The number of imidazole rings is 1. The Balaban J connectivity index is 0.000000433. The summed E-state index contributed by atoms with van der Waals surface area (Å²) in [6.45, 7) is 2.08. The Morgan fingerprint density at radius 3 is 2.87 bits per heavy atom. The number of carboxylic acids is 1. The van der Waals surface area contributed by atoms with Crippen LogP contribution in [-0.4, -0.2) is 26.5 Å². The molecule has 1 aliphatic heterocycles.